The van der Waals surface area contributed by atoms with E-state index in [1.807, 2.05) is 0 Å². The fourth-order valence-corrected chi connectivity index (χ4v) is 2.61. The van der Waals surface area contributed by atoms with Crippen LogP contribution in [0.1, 0.15) is 12.1 Å². The van der Waals surface area contributed by atoms with Crippen molar-refractivity contribution in [2.45, 2.75) is 10.8 Å². The molecule has 0 unspecified atom stereocenters. The fourth-order valence-electron chi connectivity index (χ4n) is 0.824. The maximum absolute atomic E-state index is 12.5. The molecule has 0 spiro atoms. The van der Waals surface area contributed by atoms with E-state index >= 15 is 0 Å². The average molecular weight is 282 g/mol. The minimum absolute atomic E-state index is 0.220. The van der Waals surface area contributed by atoms with E-state index in [4.69, 9.17) is 0 Å². The molecule has 0 saturated heterocycles. The third-order valence-corrected chi connectivity index (χ3v) is 3.58. The van der Waals surface area contributed by atoms with Crippen LogP contribution >= 0.6 is 23.1 Å². The molecule has 0 atom stereocenters. The predicted molar refractivity (Wildman–Crippen MR) is 62.4 cm³/mol. The van der Waals surface area contributed by atoms with Gasteiger partial charge in [-0.25, -0.2) is 9.37 Å². The zero-order chi connectivity index (χ0) is 12.7. The summed E-state index contributed by atoms with van der Waals surface area (Å²) in [5, 5.41) is 5.27. The van der Waals surface area contributed by atoms with Crippen molar-refractivity contribution in [3.05, 3.63) is 23.0 Å². The minimum atomic E-state index is -2.25. The molecule has 0 bridgehead atoms. The van der Waals surface area contributed by atoms with Gasteiger partial charge in [-0.1, -0.05) is 16.9 Å². The standard InChI is InChI=1S/C9H9F3N2OS2/c1-15-13-4-6-5-17-9(14-6)16-3-2-7(10)8(11)12/h4-5H,2-3H2,1H3/b13-4-. The SMILES string of the molecule is CO/N=C\c1csc(SCCC(F)=C(F)F)n1. The van der Waals surface area contributed by atoms with Crippen molar-refractivity contribution in [1.82, 2.24) is 4.98 Å². The minimum Gasteiger partial charge on any atom is -0.399 e. The van der Waals surface area contributed by atoms with Crippen LogP contribution in [0, 0.1) is 0 Å². The number of aromatic nitrogens is 1. The second-order valence-corrected chi connectivity index (χ2v) is 4.92. The maximum Gasteiger partial charge on any atom is 0.301 e. The van der Waals surface area contributed by atoms with E-state index in [1.165, 1.54) is 36.4 Å². The predicted octanol–water partition coefficient (Wildman–Crippen LogP) is 3.68. The highest BCUT2D eigenvalue weighted by atomic mass is 32.2. The van der Waals surface area contributed by atoms with Crippen LogP contribution in [0.15, 0.2) is 26.8 Å². The monoisotopic (exact) mass is 282 g/mol. The lowest BCUT2D eigenvalue weighted by atomic mass is 10.4. The summed E-state index contributed by atoms with van der Waals surface area (Å²) in [6.45, 7) is 0. The van der Waals surface area contributed by atoms with Crippen molar-refractivity contribution in [3.63, 3.8) is 0 Å². The molecular formula is C9H9F3N2OS2. The van der Waals surface area contributed by atoms with Crippen LogP contribution in [0.4, 0.5) is 13.2 Å². The van der Waals surface area contributed by atoms with E-state index in [9.17, 15) is 13.2 Å². The van der Waals surface area contributed by atoms with Gasteiger partial charge in [-0.3, -0.25) is 0 Å². The summed E-state index contributed by atoms with van der Waals surface area (Å²) in [4.78, 5) is 8.60. The van der Waals surface area contributed by atoms with Gasteiger partial charge in [-0.05, 0) is 0 Å². The number of nitrogens with zero attached hydrogens (tertiary/aromatic N) is 2. The Kier molecular flexibility index (Phi) is 6.06. The summed E-state index contributed by atoms with van der Waals surface area (Å²) in [6, 6.07) is 0. The Labute approximate surface area is 104 Å². The molecule has 1 aromatic heterocycles. The summed E-state index contributed by atoms with van der Waals surface area (Å²) in [7, 11) is 1.42. The molecule has 1 aromatic rings. The van der Waals surface area contributed by atoms with Crippen LogP contribution in [0.25, 0.3) is 0 Å². The lowest BCUT2D eigenvalue weighted by Crippen LogP contribution is -1.84. The Hall–Kier alpha value is -1.02. The average Bonchev–Trinajstić information content (AvgIpc) is 2.74. The summed E-state index contributed by atoms with van der Waals surface area (Å²) >= 11 is 2.56. The number of rotatable bonds is 6. The van der Waals surface area contributed by atoms with Gasteiger partial charge in [0.2, 0.25) is 0 Å². The van der Waals surface area contributed by atoms with E-state index in [2.05, 4.69) is 15.0 Å². The molecular weight excluding hydrogens is 273 g/mol. The highest BCUT2D eigenvalue weighted by Gasteiger charge is 2.06. The van der Waals surface area contributed by atoms with E-state index < -0.39 is 11.9 Å². The first-order valence-corrected chi connectivity index (χ1v) is 6.34. The van der Waals surface area contributed by atoms with Gasteiger partial charge in [0, 0.05) is 17.6 Å². The zero-order valence-corrected chi connectivity index (χ0v) is 10.5. The number of hydrogen-bond donors (Lipinski definition) is 0. The molecule has 1 rings (SSSR count). The van der Waals surface area contributed by atoms with E-state index in [0.717, 1.165) is 0 Å². The highest BCUT2D eigenvalue weighted by Crippen LogP contribution is 2.25. The molecule has 0 N–H and O–H groups in total. The largest absolute Gasteiger partial charge is 0.399 e. The molecule has 8 heteroatoms. The molecule has 1 heterocycles. The summed E-state index contributed by atoms with van der Waals surface area (Å²) < 4.78 is 36.6. The van der Waals surface area contributed by atoms with Crippen molar-refractivity contribution in [2.24, 2.45) is 5.16 Å². The molecule has 0 fully saturated rings. The molecule has 0 radical (unpaired) electrons. The molecule has 0 saturated carbocycles. The smallest absolute Gasteiger partial charge is 0.301 e. The first-order valence-electron chi connectivity index (χ1n) is 4.48. The summed E-state index contributed by atoms with van der Waals surface area (Å²) in [6.07, 6.45) is -1.12. The second kappa shape index (κ2) is 7.33. The first-order chi connectivity index (χ1) is 8.13. The zero-order valence-electron chi connectivity index (χ0n) is 8.82. The van der Waals surface area contributed by atoms with Crippen LogP contribution in [0.2, 0.25) is 0 Å². The van der Waals surface area contributed by atoms with Gasteiger partial charge in [0.05, 0.1) is 11.9 Å². The van der Waals surface area contributed by atoms with Gasteiger partial charge in [-0.2, -0.15) is 8.78 Å². The van der Waals surface area contributed by atoms with E-state index in [-0.39, 0.29) is 12.2 Å². The van der Waals surface area contributed by atoms with E-state index in [1.54, 1.807) is 5.38 Å². The van der Waals surface area contributed by atoms with Gasteiger partial charge in [0.25, 0.3) is 0 Å². The second-order valence-electron chi connectivity index (χ2n) is 2.72. The molecule has 0 amide bonds. The van der Waals surface area contributed by atoms with Gasteiger partial charge in [-0.15, -0.1) is 11.3 Å². The summed E-state index contributed by atoms with van der Waals surface area (Å²) in [5.41, 5.74) is 0.618. The Morgan fingerprint density at radius 3 is 3.00 bits per heavy atom. The Bertz CT molecular complexity index is 416. The van der Waals surface area contributed by atoms with Crippen molar-refractivity contribution in [2.75, 3.05) is 12.9 Å². The van der Waals surface area contributed by atoms with Crippen molar-refractivity contribution in [3.8, 4) is 0 Å². The molecule has 0 aliphatic carbocycles. The highest BCUT2D eigenvalue weighted by molar-refractivity contribution is 8.01. The van der Waals surface area contributed by atoms with Gasteiger partial charge in [0.15, 0.2) is 10.2 Å². The van der Waals surface area contributed by atoms with Gasteiger partial charge >= 0.3 is 6.08 Å². The van der Waals surface area contributed by atoms with Crippen molar-refractivity contribution >= 4 is 29.3 Å². The normalized spacial score (nSPS) is 10.8. The molecule has 94 valence electrons. The Morgan fingerprint density at radius 2 is 2.35 bits per heavy atom. The summed E-state index contributed by atoms with van der Waals surface area (Å²) in [5.74, 6) is -1.15. The number of hydrogen-bond acceptors (Lipinski definition) is 5. The number of allylic oxidation sites excluding steroid dienone is 1. The molecule has 17 heavy (non-hydrogen) atoms. The molecule has 0 aliphatic heterocycles. The molecule has 0 aromatic carbocycles. The van der Waals surface area contributed by atoms with Crippen LogP contribution in [0.5, 0.6) is 0 Å². The van der Waals surface area contributed by atoms with Gasteiger partial charge in [0.1, 0.15) is 7.11 Å². The molecule has 3 nitrogen and oxygen atoms in total. The van der Waals surface area contributed by atoms with Crippen LogP contribution in [-0.4, -0.2) is 24.1 Å². The first kappa shape index (κ1) is 14.0. The van der Waals surface area contributed by atoms with E-state index in [0.29, 0.717) is 10.0 Å². The topological polar surface area (TPSA) is 34.5 Å². The van der Waals surface area contributed by atoms with Crippen molar-refractivity contribution in [1.29, 1.82) is 0 Å². The van der Waals surface area contributed by atoms with Crippen molar-refractivity contribution < 1.29 is 18.0 Å². The fraction of sp³-hybridized carbons (Fsp3) is 0.333. The van der Waals surface area contributed by atoms with Crippen LogP contribution in [-0.2, 0) is 4.84 Å². The third-order valence-electron chi connectivity index (χ3n) is 1.54. The Morgan fingerprint density at radius 1 is 1.59 bits per heavy atom. The van der Waals surface area contributed by atoms with Gasteiger partial charge < -0.3 is 4.84 Å². The van der Waals surface area contributed by atoms with Crippen LogP contribution in [0.3, 0.4) is 0 Å². The number of halogens is 3. The Balaban J connectivity index is 2.40. The quantitative estimate of drug-likeness (QED) is 0.453. The lowest BCUT2D eigenvalue weighted by Gasteiger charge is -1.94. The number of thioether (sulfide) groups is 1. The third kappa shape index (κ3) is 5.22. The maximum atomic E-state index is 12.5. The number of thiazole rings is 1. The number of oxime groups is 1. The molecule has 0 aliphatic rings. The van der Waals surface area contributed by atoms with Crippen LogP contribution < -0.4 is 0 Å². The lowest BCUT2D eigenvalue weighted by molar-refractivity contribution is 0.215.